The van der Waals surface area contributed by atoms with Gasteiger partial charge in [0.05, 0.1) is 9.82 Å². The van der Waals surface area contributed by atoms with Crippen LogP contribution in [0.15, 0.2) is 23.1 Å². The van der Waals surface area contributed by atoms with Crippen molar-refractivity contribution in [3.8, 4) is 0 Å². The first-order valence-corrected chi connectivity index (χ1v) is 9.05. The lowest BCUT2D eigenvalue weighted by molar-refractivity contribution is -0.384. The summed E-state index contributed by atoms with van der Waals surface area (Å²) in [5, 5.41) is 19.3. The normalized spacial score (nSPS) is 27.3. The first-order chi connectivity index (χ1) is 10.8. The fourth-order valence-corrected chi connectivity index (χ4v) is 4.30. The average Bonchev–Trinajstić information content (AvgIpc) is 3.02. The highest BCUT2D eigenvalue weighted by molar-refractivity contribution is 7.89. The minimum Gasteiger partial charge on any atom is -0.379 e. The number of nitro benzene ring substituents is 1. The molecule has 1 aromatic rings. The zero-order valence-electron chi connectivity index (χ0n) is 12.8. The van der Waals surface area contributed by atoms with Gasteiger partial charge < -0.3 is 10.2 Å². The average molecular weight is 340 g/mol. The summed E-state index contributed by atoms with van der Waals surface area (Å²) >= 11 is 0. The molecule has 2 bridgehead atoms. The van der Waals surface area contributed by atoms with Crippen LogP contribution in [0.5, 0.6) is 0 Å². The number of hydrogen-bond acceptors (Lipinski definition) is 6. The molecule has 8 nitrogen and oxygen atoms in total. The van der Waals surface area contributed by atoms with E-state index in [1.54, 1.807) is 0 Å². The van der Waals surface area contributed by atoms with Gasteiger partial charge in [-0.15, -0.1) is 0 Å². The highest BCUT2D eigenvalue weighted by Gasteiger charge is 2.42. The second-order valence-corrected chi connectivity index (χ2v) is 8.01. The number of sulfonamides is 1. The van der Waals surface area contributed by atoms with Crippen LogP contribution in [0.1, 0.15) is 12.8 Å². The molecule has 1 aliphatic carbocycles. The van der Waals surface area contributed by atoms with Crippen molar-refractivity contribution in [2.45, 2.75) is 23.8 Å². The highest BCUT2D eigenvalue weighted by Crippen LogP contribution is 2.41. The highest BCUT2D eigenvalue weighted by atomic mass is 32.2. The molecule has 3 N–H and O–H groups in total. The fourth-order valence-electron chi connectivity index (χ4n) is 3.76. The number of primary sulfonamides is 1. The number of nitro groups is 1. The van der Waals surface area contributed by atoms with Crippen molar-refractivity contribution in [3.63, 3.8) is 0 Å². The van der Waals surface area contributed by atoms with Gasteiger partial charge in [0.2, 0.25) is 10.0 Å². The Morgan fingerprint density at radius 3 is 2.70 bits per heavy atom. The Labute approximate surface area is 134 Å². The van der Waals surface area contributed by atoms with Gasteiger partial charge in [0.1, 0.15) is 5.69 Å². The molecule has 3 rings (SSSR count). The summed E-state index contributed by atoms with van der Waals surface area (Å²) in [6.45, 7) is 1.73. The first-order valence-electron chi connectivity index (χ1n) is 7.51. The van der Waals surface area contributed by atoms with Crippen molar-refractivity contribution < 1.29 is 13.3 Å². The molecule has 3 atom stereocenters. The first kappa shape index (κ1) is 16.2. The summed E-state index contributed by atoms with van der Waals surface area (Å²) < 4.78 is 22.7. The number of fused-ring (bicyclic) bond motifs is 2. The molecule has 0 aromatic heterocycles. The third kappa shape index (κ3) is 3.17. The molecule has 0 radical (unpaired) electrons. The van der Waals surface area contributed by atoms with Gasteiger partial charge in [0.25, 0.3) is 5.69 Å². The molecule has 23 heavy (non-hydrogen) atoms. The molecule has 1 saturated heterocycles. The Balaban J connectivity index is 1.74. The Morgan fingerprint density at radius 1 is 1.43 bits per heavy atom. The number of benzene rings is 1. The second kappa shape index (κ2) is 5.73. The van der Waals surface area contributed by atoms with Crippen molar-refractivity contribution in [2.75, 3.05) is 25.5 Å². The minimum absolute atomic E-state index is 0.253. The lowest BCUT2D eigenvalue weighted by Crippen LogP contribution is -2.34. The molecule has 1 heterocycles. The van der Waals surface area contributed by atoms with E-state index >= 15 is 0 Å². The van der Waals surface area contributed by atoms with Crippen LogP contribution in [-0.2, 0) is 10.0 Å². The van der Waals surface area contributed by atoms with Crippen LogP contribution in [0.25, 0.3) is 0 Å². The summed E-state index contributed by atoms with van der Waals surface area (Å²) in [6, 6.07) is 4.33. The van der Waals surface area contributed by atoms with E-state index in [0.717, 1.165) is 19.0 Å². The molecule has 1 aliphatic heterocycles. The third-order valence-electron chi connectivity index (χ3n) is 5.01. The van der Waals surface area contributed by atoms with E-state index in [1.165, 1.54) is 18.6 Å². The van der Waals surface area contributed by atoms with Crippen molar-refractivity contribution in [1.29, 1.82) is 0 Å². The Kier molecular flexibility index (Phi) is 4.03. The van der Waals surface area contributed by atoms with Crippen LogP contribution in [0.2, 0.25) is 0 Å². The van der Waals surface area contributed by atoms with E-state index in [1.807, 2.05) is 0 Å². The largest absolute Gasteiger partial charge is 0.379 e. The summed E-state index contributed by atoms with van der Waals surface area (Å²) in [6.07, 6.45) is 2.28. The zero-order chi connectivity index (χ0) is 16.8. The lowest BCUT2D eigenvalue weighted by Gasteiger charge is -2.28. The number of nitrogens with two attached hydrogens (primary N) is 1. The van der Waals surface area contributed by atoms with Crippen LogP contribution >= 0.6 is 0 Å². The minimum atomic E-state index is -3.96. The predicted molar refractivity (Wildman–Crippen MR) is 85.6 cm³/mol. The molecule has 3 unspecified atom stereocenters. The van der Waals surface area contributed by atoms with Crippen molar-refractivity contribution in [3.05, 3.63) is 28.3 Å². The topological polar surface area (TPSA) is 119 Å². The molecule has 9 heteroatoms. The Bertz CT molecular complexity index is 734. The molecule has 0 spiro atoms. The number of hydrogen-bond donors (Lipinski definition) is 2. The van der Waals surface area contributed by atoms with Gasteiger partial charge in [-0.1, -0.05) is 0 Å². The Morgan fingerprint density at radius 2 is 2.17 bits per heavy atom. The molecular formula is C14H20N4O4S. The smallest absolute Gasteiger partial charge is 0.293 e. The Hall–Kier alpha value is -1.71. The molecule has 2 fully saturated rings. The molecule has 126 valence electrons. The standard InChI is InChI=1S/C14H20N4O4S/c1-17-8-10-5-11(17)4-9(10)7-16-13-3-2-12(23(15,21)22)6-14(13)18(19)20/h2-3,6,9-11,16H,4-5,7-8H2,1H3,(H2,15,21,22). The maximum Gasteiger partial charge on any atom is 0.293 e. The second-order valence-electron chi connectivity index (χ2n) is 6.45. The summed E-state index contributed by atoms with van der Waals surface area (Å²) in [5.41, 5.74) is 0.0651. The summed E-state index contributed by atoms with van der Waals surface area (Å²) in [5.74, 6) is 1.12. The number of nitrogens with one attached hydrogen (secondary N) is 1. The lowest BCUT2D eigenvalue weighted by atomic mass is 9.94. The maximum atomic E-state index is 11.3. The van der Waals surface area contributed by atoms with E-state index in [2.05, 4.69) is 17.3 Å². The van der Waals surface area contributed by atoms with Gasteiger partial charge in [-0.2, -0.15) is 0 Å². The van der Waals surface area contributed by atoms with E-state index < -0.39 is 14.9 Å². The van der Waals surface area contributed by atoms with E-state index in [9.17, 15) is 18.5 Å². The van der Waals surface area contributed by atoms with Crippen LogP contribution in [0.3, 0.4) is 0 Å². The van der Waals surface area contributed by atoms with Gasteiger partial charge >= 0.3 is 0 Å². The molecule has 2 aliphatic rings. The van der Waals surface area contributed by atoms with Gasteiger partial charge in [-0.3, -0.25) is 10.1 Å². The van der Waals surface area contributed by atoms with Crippen molar-refractivity contribution >= 4 is 21.4 Å². The summed E-state index contributed by atoms with van der Waals surface area (Å²) in [4.78, 5) is 12.7. The van der Waals surface area contributed by atoms with E-state index in [-0.39, 0.29) is 10.6 Å². The van der Waals surface area contributed by atoms with Gasteiger partial charge in [-0.05, 0) is 43.9 Å². The SMILES string of the molecule is CN1CC2CC1CC2CNc1ccc(S(N)(=O)=O)cc1[N+](=O)[O-]. The van der Waals surface area contributed by atoms with Gasteiger partial charge in [-0.25, -0.2) is 13.6 Å². The molecular weight excluding hydrogens is 320 g/mol. The summed E-state index contributed by atoms with van der Waals surface area (Å²) in [7, 11) is -1.83. The van der Waals surface area contributed by atoms with Crippen LogP contribution < -0.4 is 10.5 Å². The zero-order valence-corrected chi connectivity index (χ0v) is 13.6. The van der Waals surface area contributed by atoms with Crippen LogP contribution in [-0.4, -0.2) is 44.4 Å². The monoisotopic (exact) mass is 340 g/mol. The quantitative estimate of drug-likeness (QED) is 0.609. The fraction of sp³-hybridized carbons (Fsp3) is 0.571. The third-order valence-corrected chi connectivity index (χ3v) is 5.92. The maximum absolute atomic E-state index is 11.3. The number of nitrogens with zero attached hydrogens (tertiary/aromatic N) is 2. The van der Waals surface area contributed by atoms with Crippen molar-refractivity contribution in [1.82, 2.24) is 4.90 Å². The number of likely N-dealkylation sites (tertiary alicyclic amines) is 1. The predicted octanol–water partition coefficient (Wildman–Crippen LogP) is 0.994. The van der Waals surface area contributed by atoms with E-state index in [0.29, 0.717) is 30.1 Å². The number of piperidine rings is 1. The number of anilines is 1. The molecule has 1 saturated carbocycles. The van der Waals surface area contributed by atoms with Crippen molar-refractivity contribution in [2.24, 2.45) is 17.0 Å². The van der Waals surface area contributed by atoms with Crippen LogP contribution in [0.4, 0.5) is 11.4 Å². The van der Waals surface area contributed by atoms with Gasteiger partial charge in [0, 0.05) is 25.2 Å². The van der Waals surface area contributed by atoms with E-state index in [4.69, 9.17) is 5.14 Å². The molecule has 1 aromatic carbocycles. The molecule has 0 amide bonds. The van der Waals surface area contributed by atoms with Gasteiger partial charge in [0.15, 0.2) is 0 Å². The number of rotatable bonds is 5. The van der Waals surface area contributed by atoms with Crippen LogP contribution in [0, 0.1) is 22.0 Å².